The third-order valence-electron chi connectivity index (χ3n) is 15.6. The van der Waals surface area contributed by atoms with Crippen molar-refractivity contribution in [2.45, 2.75) is 11.3 Å². The second-order valence-electron chi connectivity index (χ2n) is 19.3. The Bertz CT molecular complexity index is 4110. The molecule has 1 spiro atoms. The number of aromatic nitrogens is 3. The van der Waals surface area contributed by atoms with E-state index in [9.17, 15) is 0 Å². The minimum Gasteiger partial charge on any atom is -0.208 e. The molecule has 3 heteroatoms. The molecule has 11 aromatic carbocycles. The zero-order valence-corrected chi connectivity index (χ0v) is 39.2. The Morgan fingerprint density at radius 2 is 0.792 bits per heavy atom. The van der Waals surface area contributed by atoms with Crippen LogP contribution in [0.25, 0.3) is 101 Å². The lowest BCUT2D eigenvalue weighted by atomic mass is 9.59. The van der Waals surface area contributed by atoms with Crippen LogP contribution in [0.4, 0.5) is 0 Å². The molecule has 72 heavy (non-hydrogen) atoms. The van der Waals surface area contributed by atoms with Gasteiger partial charge in [0.05, 0.1) is 5.41 Å². The molecule has 3 nitrogen and oxygen atoms in total. The molecule has 1 atom stereocenters. The summed E-state index contributed by atoms with van der Waals surface area (Å²) >= 11 is 0. The zero-order valence-electron chi connectivity index (χ0n) is 39.2. The maximum Gasteiger partial charge on any atom is 0.164 e. The average molecular weight is 914 g/mol. The van der Waals surface area contributed by atoms with Gasteiger partial charge >= 0.3 is 0 Å². The number of hydrogen-bond acceptors (Lipinski definition) is 3. The first-order chi connectivity index (χ1) is 35.7. The lowest BCUT2D eigenvalue weighted by molar-refractivity contribution is 0.704. The van der Waals surface area contributed by atoms with Crippen molar-refractivity contribution in [2.75, 3.05) is 0 Å². The Hall–Kier alpha value is -9.31. The van der Waals surface area contributed by atoms with Crippen LogP contribution < -0.4 is 0 Å². The highest BCUT2D eigenvalue weighted by atomic mass is 15.0. The van der Waals surface area contributed by atoms with E-state index in [1.54, 1.807) is 0 Å². The SMILES string of the molecule is c1ccc(-c2ccc(-c3nc(-c4ccccc4)nc(-c4cccc(-c5c(-c6ccc7c(c6)C6c8ccccc8-c8cccc(c86)C76c7ccccc7-c7ccccc76)ccc6ccccc56)c4)n3)cc2)cc1. The van der Waals surface area contributed by atoms with Crippen LogP contribution in [0.5, 0.6) is 0 Å². The molecule has 0 fully saturated rings. The molecule has 0 bridgehead atoms. The van der Waals surface area contributed by atoms with E-state index in [0.717, 1.165) is 27.8 Å². The van der Waals surface area contributed by atoms with Crippen LogP contribution in [0.1, 0.15) is 44.9 Å². The van der Waals surface area contributed by atoms with Gasteiger partial charge < -0.3 is 0 Å². The maximum absolute atomic E-state index is 5.23. The van der Waals surface area contributed by atoms with Gasteiger partial charge in [-0.15, -0.1) is 0 Å². The largest absolute Gasteiger partial charge is 0.208 e. The predicted molar refractivity (Wildman–Crippen MR) is 294 cm³/mol. The Morgan fingerprint density at radius 3 is 1.54 bits per heavy atom. The molecule has 0 N–H and O–H groups in total. The number of hydrogen-bond donors (Lipinski definition) is 0. The van der Waals surface area contributed by atoms with Gasteiger partial charge in [-0.3, -0.25) is 0 Å². The molecule has 0 aliphatic heterocycles. The standard InChI is InChI=1S/C69H43N3/c1-3-17-43(18-4-1)44-33-35-47(36-34-44)67-70-66(46-20-5-2-6-21-46)71-68(72-67)50-23-15-22-49(41-50)63-51-24-8-7-19-45(51)37-39-52(63)48-38-40-61-58(42-48)64-56-28-10-9-25-53(56)57-29-16-32-62(65(57)64)69(61)59-30-13-11-26-54(59)55-27-12-14-31-60(55)69/h1-42,64H. The lowest BCUT2D eigenvalue weighted by Crippen LogP contribution is -2.35. The van der Waals surface area contributed by atoms with Gasteiger partial charge in [0.15, 0.2) is 17.5 Å². The van der Waals surface area contributed by atoms with Crippen molar-refractivity contribution in [3.8, 4) is 89.8 Å². The highest BCUT2D eigenvalue weighted by molar-refractivity contribution is 6.05. The van der Waals surface area contributed by atoms with Gasteiger partial charge in [0.1, 0.15) is 0 Å². The van der Waals surface area contributed by atoms with Crippen LogP contribution in [-0.2, 0) is 5.41 Å². The monoisotopic (exact) mass is 913 g/mol. The van der Waals surface area contributed by atoms with Crippen LogP contribution in [-0.4, -0.2) is 15.0 Å². The summed E-state index contributed by atoms with van der Waals surface area (Å²) in [7, 11) is 0. The molecule has 334 valence electrons. The van der Waals surface area contributed by atoms with E-state index < -0.39 is 5.41 Å². The van der Waals surface area contributed by atoms with Gasteiger partial charge in [-0.05, 0) is 117 Å². The predicted octanol–water partition coefficient (Wildman–Crippen LogP) is 16.9. The fraction of sp³-hybridized carbons (Fsp3) is 0.0290. The molecule has 0 saturated heterocycles. The quantitative estimate of drug-likeness (QED) is 0.167. The summed E-state index contributed by atoms with van der Waals surface area (Å²) in [6.45, 7) is 0. The molecule has 12 aromatic rings. The maximum atomic E-state index is 5.23. The first-order valence-corrected chi connectivity index (χ1v) is 24.9. The Balaban J connectivity index is 0.926. The minimum atomic E-state index is -0.475. The van der Waals surface area contributed by atoms with Gasteiger partial charge in [-0.25, -0.2) is 15.0 Å². The van der Waals surface area contributed by atoms with Crippen LogP contribution in [0.3, 0.4) is 0 Å². The van der Waals surface area contributed by atoms with E-state index >= 15 is 0 Å². The Morgan fingerprint density at radius 1 is 0.278 bits per heavy atom. The van der Waals surface area contributed by atoms with Crippen LogP contribution in [0.15, 0.2) is 255 Å². The second-order valence-corrected chi connectivity index (χ2v) is 19.3. The summed E-state index contributed by atoms with van der Waals surface area (Å²) in [6.07, 6.45) is 0. The minimum absolute atomic E-state index is 0.0894. The van der Waals surface area contributed by atoms with Gasteiger partial charge in [0.25, 0.3) is 0 Å². The van der Waals surface area contributed by atoms with Crippen molar-refractivity contribution in [3.05, 3.63) is 294 Å². The summed E-state index contributed by atoms with van der Waals surface area (Å²) < 4.78 is 0. The van der Waals surface area contributed by atoms with Gasteiger partial charge in [-0.2, -0.15) is 0 Å². The van der Waals surface area contributed by atoms with Crippen molar-refractivity contribution in [1.29, 1.82) is 0 Å². The third-order valence-corrected chi connectivity index (χ3v) is 15.6. The normalized spacial score (nSPS) is 14.1. The van der Waals surface area contributed by atoms with Gasteiger partial charge in [0.2, 0.25) is 0 Å². The van der Waals surface area contributed by atoms with Crippen molar-refractivity contribution >= 4 is 10.8 Å². The summed E-state index contributed by atoms with van der Waals surface area (Å²) in [5, 5.41) is 2.38. The molecule has 0 saturated carbocycles. The van der Waals surface area contributed by atoms with E-state index in [4.69, 9.17) is 15.0 Å². The summed E-state index contributed by atoms with van der Waals surface area (Å²) in [5.41, 5.74) is 24.2. The van der Waals surface area contributed by atoms with Crippen LogP contribution in [0.2, 0.25) is 0 Å². The molecule has 1 unspecified atom stereocenters. The first-order valence-electron chi connectivity index (χ1n) is 24.9. The highest BCUT2D eigenvalue weighted by Gasteiger charge is 2.53. The van der Waals surface area contributed by atoms with Crippen LogP contribution >= 0.6 is 0 Å². The Kier molecular flexibility index (Phi) is 8.94. The van der Waals surface area contributed by atoms with E-state index in [1.807, 2.05) is 24.3 Å². The molecular formula is C69H43N3. The summed E-state index contributed by atoms with van der Waals surface area (Å²) in [6, 6.07) is 93.2. The number of benzene rings is 11. The van der Waals surface area contributed by atoms with E-state index in [2.05, 4.69) is 231 Å². The molecule has 1 aromatic heterocycles. The van der Waals surface area contributed by atoms with Crippen molar-refractivity contribution < 1.29 is 0 Å². The number of rotatable bonds is 6. The lowest BCUT2D eigenvalue weighted by Gasteiger charge is -2.42. The molecular weight excluding hydrogens is 871 g/mol. The fourth-order valence-electron chi connectivity index (χ4n) is 12.6. The van der Waals surface area contributed by atoms with Crippen molar-refractivity contribution in [3.63, 3.8) is 0 Å². The molecule has 0 radical (unpaired) electrons. The first kappa shape index (κ1) is 40.6. The molecule has 0 amide bonds. The smallest absolute Gasteiger partial charge is 0.164 e. The van der Waals surface area contributed by atoms with Crippen molar-refractivity contribution in [2.24, 2.45) is 0 Å². The number of fused-ring (bicyclic) bond motifs is 13. The van der Waals surface area contributed by atoms with E-state index in [-0.39, 0.29) is 5.92 Å². The number of nitrogens with zero attached hydrogens (tertiary/aromatic N) is 3. The van der Waals surface area contributed by atoms with Crippen molar-refractivity contribution in [1.82, 2.24) is 15.0 Å². The topological polar surface area (TPSA) is 38.7 Å². The second kappa shape index (κ2) is 15.9. The molecule has 15 rings (SSSR count). The zero-order chi connectivity index (χ0) is 47.3. The van der Waals surface area contributed by atoms with E-state index in [0.29, 0.717) is 17.5 Å². The molecule has 3 aliphatic rings. The fourth-order valence-corrected chi connectivity index (χ4v) is 12.6. The third kappa shape index (κ3) is 5.95. The van der Waals surface area contributed by atoms with Gasteiger partial charge in [-0.1, -0.05) is 243 Å². The average Bonchev–Trinajstić information content (AvgIpc) is 3.96. The van der Waals surface area contributed by atoms with E-state index in [1.165, 1.54) is 94.2 Å². The molecule has 3 aliphatic carbocycles. The Labute approximate surface area is 418 Å². The highest BCUT2D eigenvalue weighted by Crippen LogP contribution is 2.65. The van der Waals surface area contributed by atoms with Crippen LogP contribution in [0, 0.1) is 0 Å². The van der Waals surface area contributed by atoms with Gasteiger partial charge in [0, 0.05) is 22.6 Å². The summed E-state index contributed by atoms with van der Waals surface area (Å²) in [4.78, 5) is 15.5. The molecule has 1 heterocycles. The summed E-state index contributed by atoms with van der Waals surface area (Å²) in [5.74, 6) is 1.98.